The zero-order chi connectivity index (χ0) is 13.9. The summed E-state index contributed by atoms with van der Waals surface area (Å²) < 4.78 is 0. The zero-order valence-corrected chi connectivity index (χ0v) is 11.4. The van der Waals surface area contributed by atoms with Crippen LogP contribution in [-0.4, -0.2) is 17.0 Å². The molecule has 0 aliphatic carbocycles. The standard InChI is InChI=1S/C12H13Cl2NO3/c1-6(12(17)18)11(16)15-7(2)9-4-3-8(13)5-10(9)14/h3-7H,1-2H3,(H,15,16)(H,17,18). The number of carboxylic acid groups (broad SMARTS) is 1. The van der Waals surface area contributed by atoms with Crippen LogP contribution < -0.4 is 5.32 Å². The van der Waals surface area contributed by atoms with E-state index in [0.29, 0.717) is 15.6 Å². The molecule has 0 aliphatic rings. The van der Waals surface area contributed by atoms with Gasteiger partial charge in [0.1, 0.15) is 5.92 Å². The van der Waals surface area contributed by atoms with Crippen molar-refractivity contribution < 1.29 is 14.7 Å². The van der Waals surface area contributed by atoms with Crippen LogP contribution in [0.4, 0.5) is 0 Å². The molecule has 6 heteroatoms. The van der Waals surface area contributed by atoms with E-state index in [-0.39, 0.29) is 6.04 Å². The molecule has 1 amide bonds. The second kappa shape index (κ2) is 6.07. The highest BCUT2D eigenvalue weighted by Crippen LogP contribution is 2.26. The number of halogens is 2. The molecule has 4 nitrogen and oxygen atoms in total. The summed E-state index contributed by atoms with van der Waals surface area (Å²) in [5, 5.41) is 12.2. The number of aliphatic carboxylic acids is 1. The Labute approximate surface area is 115 Å². The number of carboxylic acids is 1. The molecule has 0 bridgehead atoms. The first kappa shape index (κ1) is 14.8. The van der Waals surface area contributed by atoms with E-state index in [2.05, 4.69) is 5.32 Å². The van der Waals surface area contributed by atoms with Gasteiger partial charge in [-0.2, -0.15) is 0 Å². The Morgan fingerprint density at radius 1 is 1.28 bits per heavy atom. The fraction of sp³-hybridized carbons (Fsp3) is 0.333. The van der Waals surface area contributed by atoms with Gasteiger partial charge in [-0.1, -0.05) is 29.3 Å². The van der Waals surface area contributed by atoms with Crippen LogP contribution in [0, 0.1) is 5.92 Å². The molecule has 98 valence electrons. The molecule has 1 aromatic rings. The molecule has 1 rings (SSSR count). The van der Waals surface area contributed by atoms with E-state index in [0.717, 1.165) is 0 Å². The van der Waals surface area contributed by atoms with Crippen molar-refractivity contribution >= 4 is 35.1 Å². The van der Waals surface area contributed by atoms with E-state index in [4.69, 9.17) is 28.3 Å². The summed E-state index contributed by atoms with van der Waals surface area (Å²) in [6.07, 6.45) is 0. The highest BCUT2D eigenvalue weighted by Gasteiger charge is 2.22. The SMILES string of the molecule is CC(C(=O)O)C(=O)NC(C)c1ccc(Cl)cc1Cl. The molecule has 0 heterocycles. The summed E-state index contributed by atoms with van der Waals surface area (Å²) in [5.74, 6) is -2.82. The molecule has 2 atom stereocenters. The Kier molecular flexibility index (Phi) is 4.99. The second-order valence-corrected chi connectivity index (χ2v) is 4.80. The smallest absolute Gasteiger partial charge is 0.315 e. The highest BCUT2D eigenvalue weighted by molar-refractivity contribution is 6.35. The van der Waals surface area contributed by atoms with Crippen LogP contribution in [0.15, 0.2) is 18.2 Å². The largest absolute Gasteiger partial charge is 0.481 e. The lowest BCUT2D eigenvalue weighted by Crippen LogP contribution is -2.35. The third-order valence-electron chi connectivity index (χ3n) is 2.55. The Hall–Kier alpha value is -1.26. The molecule has 0 aliphatic heterocycles. The van der Waals surface area contributed by atoms with Gasteiger partial charge in [0.05, 0.1) is 6.04 Å². The van der Waals surface area contributed by atoms with Crippen molar-refractivity contribution in [2.75, 3.05) is 0 Å². The molecule has 18 heavy (non-hydrogen) atoms. The molecule has 0 saturated heterocycles. The summed E-state index contributed by atoms with van der Waals surface area (Å²) >= 11 is 11.8. The van der Waals surface area contributed by atoms with Gasteiger partial charge in [0, 0.05) is 10.0 Å². The van der Waals surface area contributed by atoms with Gasteiger partial charge in [0.25, 0.3) is 0 Å². The van der Waals surface area contributed by atoms with Gasteiger partial charge in [-0.25, -0.2) is 0 Å². The summed E-state index contributed by atoms with van der Waals surface area (Å²) in [5.41, 5.74) is 0.687. The van der Waals surface area contributed by atoms with E-state index in [1.807, 2.05) is 0 Å². The number of amides is 1. The molecule has 0 radical (unpaired) electrons. The third-order valence-corrected chi connectivity index (χ3v) is 3.11. The van der Waals surface area contributed by atoms with E-state index in [9.17, 15) is 9.59 Å². The van der Waals surface area contributed by atoms with E-state index < -0.39 is 17.8 Å². The molecule has 0 aromatic heterocycles. The lowest BCUT2D eigenvalue weighted by Gasteiger charge is -2.17. The first-order valence-electron chi connectivity index (χ1n) is 5.31. The molecule has 0 fully saturated rings. The van der Waals surface area contributed by atoms with Gasteiger partial charge in [-0.15, -0.1) is 0 Å². The number of hydrogen-bond acceptors (Lipinski definition) is 2. The maximum Gasteiger partial charge on any atom is 0.315 e. The molecule has 0 spiro atoms. The first-order chi connectivity index (χ1) is 8.32. The van der Waals surface area contributed by atoms with Crippen molar-refractivity contribution in [3.8, 4) is 0 Å². The topological polar surface area (TPSA) is 66.4 Å². The Morgan fingerprint density at radius 2 is 1.89 bits per heavy atom. The molecule has 2 unspecified atom stereocenters. The van der Waals surface area contributed by atoms with Gasteiger partial charge < -0.3 is 10.4 Å². The zero-order valence-electron chi connectivity index (χ0n) is 9.91. The van der Waals surface area contributed by atoms with Crippen molar-refractivity contribution in [3.05, 3.63) is 33.8 Å². The van der Waals surface area contributed by atoms with Crippen LogP contribution in [0.25, 0.3) is 0 Å². The average molecular weight is 290 g/mol. The fourth-order valence-electron chi connectivity index (χ4n) is 1.38. The van der Waals surface area contributed by atoms with Crippen LogP contribution >= 0.6 is 23.2 Å². The van der Waals surface area contributed by atoms with Crippen LogP contribution in [-0.2, 0) is 9.59 Å². The normalized spacial score (nSPS) is 13.8. The van der Waals surface area contributed by atoms with Crippen LogP contribution in [0.1, 0.15) is 25.5 Å². The van der Waals surface area contributed by atoms with Crippen molar-refractivity contribution in [3.63, 3.8) is 0 Å². The maximum atomic E-state index is 11.6. The summed E-state index contributed by atoms with van der Waals surface area (Å²) in [6, 6.07) is 4.54. The number of nitrogens with one attached hydrogen (secondary N) is 1. The van der Waals surface area contributed by atoms with Crippen molar-refractivity contribution in [1.29, 1.82) is 0 Å². The van der Waals surface area contributed by atoms with Gasteiger partial charge in [0.15, 0.2) is 0 Å². The minimum absolute atomic E-state index is 0.385. The Morgan fingerprint density at radius 3 is 2.39 bits per heavy atom. The fourth-order valence-corrected chi connectivity index (χ4v) is 1.95. The molecule has 2 N–H and O–H groups in total. The molecule has 1 aromatic carbocycles. The predicted octanol–water partition coefficient (Wildman–Crippen LogP) is 2.89. The van der Waals surface area contributed by atoms with Gasteiger partial charge in [-0.05, 0) is 31.5 Å². The lowest BCUT2D eigenvalue weighted by atomic mass is 10.1. The number of carbonyl (C=O) groups is 2. The summed E-state index contributed by atoms with van der Waals surface area (Å²) in [6.45, 7) is 3.05. The highest BCUT2D eigenvalue weighted by atomic mass is 35.5. The van der Waals surface area contributed by atoms with E-state index in [1.54, 1.807) is 25.1 Å². The predicted molar refractivity (Wildman–Crippen MR) is 69.8 cm³/mol. The van der Waals surface area contributed by atoms with Gasteiger partial charge >= 0.3 is 5.97 Å². The summed E-state index contributed by atoms with van der Waals surface area (Å²) in [4.78, 5) is 22.3. The Bertz CT molecular complexity index is 476. The van der Waals surface area contributed by atoms with E-state index >= 15 is 0 Å². The summed E-state index contributed by atoms with van der Waals surface area (Å²) in [7, 11) is 0. The average Bonchev–Trinajstić information content (AvgIpc) is 2.27. The molecule has 0 saturated carbocycles. The molecular weight excluding hydrogens is 277 g/mol. The minimum atomic E-state index is -1.16. The van der Waals surface area contributed by atoms with Crippen LogP contribution in [0.5, 0.6) is 0 Å². The number of carbonyl (C=O) groups excluding carboxylic acids is 1. The molecular formula is C12H13Cl2NO3. The van der Waals surface area contributed by atoms with Gasteiger partial charge in [-0.3, -0.25) is 9.59 Å². The maximum absolute atomic E-state index is 11.6. The van der Waals surface area contributed by atoms with Crippen molar-refractivity contribution in [1.82, 2.24) is 5.32 Å². The number of hydrogen-bond donors (Lipinski definition) is 2. The number of rotatable bonds is 4. The third kappa shape index (κ3) is 3.62. The monoisotopic (exact) mass is 289 g/mol. The van der Waals surface area contributed by atoms with Crippen molar-refractivity contribution in [2.24, 2.45) is 5.92 Å². The Balaban J connectivity index is 2.79. The lowest BCUT2D eigenvalue weighted by molar-refractivity contribution is -0.146. The van der Waals surface area contributed by atoms with Crippen molar-refractivity contribution in [2.45, 2.75) is 19.9 Å². The second-order valence-electron chi connectivity index (χ2n) is 3.96. The quantitative estimate of drug-likeness (QED) is 0.838. The van der Waals surface area contributed by atoms with Crippen LogP contribution in [0.2, 0.25) is 10.0 Å². The van der Waals surface area contributed by atoms with Crippen LogP contribution in [0.3, 0.4) is 0 Å². The number of benzene rings is 1. The first-order valence-corrected chi connectivity index (χ1v) is 6.06. The van der Waals surface area contributed by atoms with Gasteiger partial charge in [0.2, 0.25) is 5.91 Å². The van der Waals surface area contributed by atoms with E-state index in [1.165, 1.54) is 6.92 Å². The minimum Gasteiger partial charge on any atom is -0.481 e.